The minimum Gasteiger partial charge on any atom is -0.447 e. The Balaban J connectivity index is 1.30. The molecule has 6 heteroatoms. The molecule has 0 radical (unpaired) electrons. The van der Waals surface area contributed by atoms with Gasteiger partial charge in [0.1, 0.15) is 6.61 Å². The molecule has 0 aliphatic carbocycles. The molecule has 1 saturated heterocycles. The molecular formula is C23H19N3O3. The van der Waals surface area contributed by atoms with Crippen LogP contribution in [0.2, 0.25) is 0 Å². The summed E-state index contributed by atoms with van der Waals surface area (Å²) >= 11 is 0. The number of rotatable bonds is 4. The number of cyclic esters (lactones) is 1. The molecule has 1 aromatic heterocycles. The summed E-state index contributed by atoms with van der Waals surface area (Å²) in [7, 11) is 0. The second-order valence-electron chi connectivity index (χ2n) is 6.43. The lowest BCUT2D eigenvalue weighted by molar-refractivity contribution is 0.0958. The van der Waals surface area contributed by atoms with E-state index in [1.807, 2.05) is 65.5 Å². The predicted octanol–water partition coefficient (Wildman–Crippen LogP) is 3.22. The first-order valence-electron chi connectivity index (χ1n) is 9.25. The molecule has 2 heterocycles. The molecule has 0 saturated carbocycles. The van der Waals surface area contributed by atoms with Crippen molar-refractivity contribution in [2.45, 2.75) is 0 Å². The Morgan fingerprint density at radius 3 is 2.34 bits per heavy atom. The Hall–Kier alpha value is -3.98. The van der Waals surface area contributed by atoms with Crippen LogP contribution in [-0.4, -0.2) is 36.3 Å². The average molecular weight is 385 g/mol. The van der Waals surface area contributed by atoms with Gasteiger partial charge < -0.3 is 14.6 Å². The van der Waals surface area contributed by atoms with Crippen molar-refractivity contribution in [1.29, 1.82) is 0 Å². The molecule has 0 atom stereocenters. The van der Waals surface area contributed by atoms with Crippen molar-refractivity contribution in [2.24, 2.45) is 0 Å². The van der Waals surface area contributed by atoms with E-state index in [4.69, 9.17) is 4.74 Å². The zero-order chi connectivity index (χ0) is 20.1. The number of ether oxygens (including phenoxy) is 1. The highest BCUT2D eigenvalue weighted by Crippen LogP contribution is 2.18. The van der Waals surface area contributed by atoms with E-state index in [0.29, 0.717) is 18.7 Å². The molecule has 1 aliphatic rings. The monoisotopic (exact) mass is 385 g/mol. The summed E-state index contributed by atoms with van der Waals surface area (Å²) in [5, 5.41) is 2.80. The molecule has 2 aromatic carbocycles. The molecule has 4 rings (SSSR count). The third-order valence-electron chi connectivity index (χ3n) is 4.54. The number of hydrogen-bond acceptors (Lipinski definition) is 3. The van der Waals surface area contributed by atoms with E-state index in [-0.39, 0.29) is 18.5 Å². The molecule has 1 aliphatic heterocycles. The van der Waals surface area contributed by atoms with Gasteiger partial charge in [-0.05, 0) is 60.7 Å². The van der Waals surface area contributed by atoms with Crippen LogP contribution >= 0.6 is 0 Å². The van der Waals surface area contributed by atoms with Gasteiger partial charge in [-0.2, -0.15) is 0 Å². The normalized spacial score (nSPS) is 12.8. The van der Waals surface area contributed by atoms with Gasteiger partial charge >= 0.3 is 6.09 Å². The average Bonchev–Trinajstić information content (AvgIpc) is 3.44. The number of anilines is 1. The lowest BCUT2D eigenvalue weighted by atomic mass is 10.2. The zero-order valence-corrected chi connectivity index (χ0v) is 15.7. The van der Waals surface area contributed by atoms with Gasteiger partial charge in [-0.25, -0.2) is 4.79 Å². The molecule has 0 unspecified atom stereocenters. The van der Waals surface area contributed by atoms with E-state index < -0.39 is 0 Å². The first-order valence-corrected chi connectivity index (χ1v) is 9.25. The Bertz CT molecular complexity index is 1060. The number of aromatic nitrogens is 1. The van der Waals surface area contributed by atoms with Gasteiger partial charge in [-0.15, -0.1) is 0 Å². The van der Waals surface area contributed by atoms with Crippen LogP contribution in [0.25, 0.3) is 5.69 Å². The lowest BCUT2D eigenvalue weighted by Crippen LogP contribution is -2.23. The van der Waals surface area contributed by atoms with Crippen LogP contribution in [0.1, 0.15) is 15.9 Å². The van der Waals surface area contributed by atoms with Crippen molar-refractivity contribution in [1.82, 2.24) is 9.88 Å². The highest BCUT2D eigenvalue weighted by atomic mass is 16.6. The van der Waals surface area contributed by atoms with Crippen LogP contribution in [0.3, 0.4) is 0 Å². The van der Waals surface area contributed by atoms with Crippen molar-refractivity contribution < 1.29 is 14.3 Å². The summed E-state index contributed by atoms with van der Waals surface area (Å²) in [5.74, 6) is 5.78. The molecule has 1 N–H and O–H groups in total. The van der Waals surface area contributed by atoms with Crippen molar-refractivity contribution in [3.63, 3.8) is 0 Å². The highest BCUT2D eigenvalue weighted by Gasteiger charge is 2.23. The summed E-state index contributed by atoms with van der Waals surface area (Å²) in [5.41, 5.74) is 3.18. The van der Waals surface area contributed by atoms with E-state index in [1.54, 1.807) is 17.0 Å². The summed E-state index contributed by atoms with van der Waals surface area (Å²) in [4.78, 5) is 25.4. The summed E-state index contributed by atoms with van der Waals surface area (Å²) < 4.78 is 6.91. The molecule has 29 heavy (non-hydrogen) atoms. The predicted molar refractivity (Wildman–Crippen MR) is 110 cm³/mol. The van der Waals surface area contributed by atoms with E-state index >= 15 is 0 Å². The Kier molecular flexibility index (Phi) is 5.30. The Morgan fingerprint density at radius 1 is 1.00 bits per heavy atom. The highest BCUT2D eigenvalue weighted by molar-refractivity contribution is 5.94. The molecule has 0 spiro atoms. The van der Waals surface area contributed by atoms with Gasteiger partial charge in [0.05, 0.1) is 13.1 Å². The van der Waals surface area contributed by atoms with Crippen LogP contribution in [-0.2, 0) is 4.74 Å². The summed E-state index contributed by atoms with van der Waals surface area (Å²) in [6, 6.07) is 18.6. The van der Waals surface area contributed by atoms with E-state index in [0.717, 1.165) is 16.9 Å². The molecule has 144 valence electrons. The third kappa shape index (κ3) is 4.30. The summed E-state index contributed by atoms with van der Waals surface area (Å²) in [6.45, 7) is 1.22. The number of amides is 2. The summed E-state index contributed by atoms with van der Waals surface area (Å²) in [6.07, 6.45) is 3.58. The molecule has 1 fully saturated rings. The third-order valence-corrected chi connectivity index (χ3v) is 4.54. The van der Waals surface area contributed by atoms with Gasteiger partial charge in [0.15, 0.2) is 0 Å². The minimum absolute atomic E-state index is 0.166. The number of benzene rings is 2. The topological polar surface area (TPSA) is 63.6 Å². The number of carbonyl (C=O) groups is 2. The fourth-order valence-electron chi connectivity index (χ4n) is 3.02. The Labute approximate surface area is 168 Å². The maximum Gasteiger partial charge on any atom is 0.414 e. The fourth-order valence-corrected chi connectivity index (χ4v) is 3.02. The van der Waals surface area contributed by atoms with Crippen LogP contribution < -0.4 is 10.2 Å². The fraction of sp³-hybridized carbons (Fsp3) is 0.130. The smallest absolute Gasteiger partial charge is 0.414 e. The van der Waals surface area contributed by atoms with Crippen LogP contribution in [0, 0.1) is 11.8 Å². The van der Waals surface area contributed by atoms with Crippen LogP contribution in [0.15, 0.2) is 73.1 Å². The maximum atomic E-state index is 12.2. The second-order valence-corrected chi connectivity index (χ2v) is 6.43. The SMILES string of the molecule is O=C(NCC#Cc1ccc(N2CCOC2=O)cc1)c1ccc(-n2cccc2)cc1. The van der Waals surface area contributed by atoms with E-state index in [1.165, 1.54) is 0 Å². The standard InChI is InChI=1S/C23H19N3O3/c27-22(19-7-11-20(12-8-19)25-14-1-2-15-25)24-13-3-4-18-5-9-21(10-6-18)26-16-17-29-23(26)28/h1-2,5-12,14-15H,13,16-17H2,(H,24,27). The first-order chi connectivity index (χ1) is 14.2. The molecule has 6 nitrogen and oxygen atoms in total. The molecular weight excluding hydrogens is 366 g/mol. The minimum atomic E-state index is -0.326. The van der Waals surface area contributed by atoms with E-state index in [9.17, 15) is 9.59 Å². The number of nitrogens with one attached hydrogen (secondary N) is 1. The lowest BCUT2D eigenvalue weighted by Gasteiger charge is -2.11. The van der Waals surface area contributed by atoms with Crippen molar-refractivity contribution >= 4 is 17.7 Å². The molecule has 3 aromatic rings. The van der Waals surface area contributed by atoms with Crippen LogP contribution in [0.4, 0.5) is 10.5 Å². The van der Waals surface area contributed by atoms with Gasteiger partial charge in [0.25, 0.3) is 5.91 Å². The van der Waals surface area contributed by atoms with Gasteiger partial charge in [-0.3, -0.25) is 9.69 Å². The van der Waals surface area contributed by atoms with Crippen molar-refractivity contribution in [2.75, 3.05) is 24.6 Å². The number of hydrogen-bond donors (Lipinski definition) is 1. The van der Waals surface area contributed by atoms with Crippen molar-refractivity contribution in [3.8, 4) is 17.5 Å². The maximum absolute atomic E-state index is 12.2. The molecule has 2 amide bonds. The second kappa shape index (κ2) is 8.36. The van der Waals surface area contributed by atoms with Gasteiger partial charge in [-0.1, -0.05) is 11.8 Å². The molecule has 0 bridgehead atoms. The zero-order valence-electron chi connectivity index (χ0n) is 15.7. The van der Waals surface area contributed by atoms with Gasteiger partial charge in [0.2, 0.25) is 0 Å². The van der Waals surface area contributed by atoms with Crippen LogP contribution in [0.5, 0.6) is 0 Å². The number of carbonyl (C=O) groups excluding carboxylic acids is 2. The van der Waals surface area contributed by atoms with E-state index in [2.05, 4.69) is 17.2 Å². The van der Waals surface area contributed by atoms with Crippen molar-refractivity contribution in [3.05, 3.63) is 84.2 Å². The van der Waals surface area contributed by atoms with Gasteiger partial charge in [0, 0.05) is 34.9 Å². The quantitative estimate of drug-likeness (QED) is 0.702. The largest absolute Gasteiger partial charge is 0.447 e. The first kappa shape index (κ1) is 18.4. The Morgan fingerprint density at radius 2 is 1.69 bits per heavy atom. The number of nitrogens with zero attached hydrogens (tertiary/aromatic N) is 2.